The van der Waals surface area contributed by atoms with Gasteiger partial charge >= 0.3 is 5.97 Å². The summed E-state index contributed by atoms with van der Waals surface area (Å²) in [5.41, 5.74) is 3.11. The molecule has 2 aromatic carbocycles. The topological polar surface area (TPSA) is 82.7 Å². The molecular weight excluding hydrogens is 294 g/mol. The molecule has 0 aliphatic rings. The number of carboxylic acid groups (broad SMARTS) is 1. The van der Waals surface area contributed by atoms with E-state index in [2.05, 4.69) is 0 Å². The molecule has 0 atom stereocenters. The number of benzene rings is 2. The van der Waals surface area contributed by atoms with E-state index in [4.69, 9.17) is 5.11 Å². The van der Waals surface area contributed by atoms with Crippen molar-refractivity contribution in [2.24, 2.45) is 0 Å². The predicted molar refractivity (Wildman–Crippen MR) is 86.9 cm³/mol. The first-order chi connectivity index (χ1) is 11.0. The lowest BCUT2D eigenvalue weighted by Crippen LogP contribution is -2.05. The summed E-state index contributed by atoms with van der Waals surface area (Å²) in [6.45, 7) is 2.35. The molecule has 0 bridgehead atoms. The lowest BCUT2D eigenvalue weighted by atomic mass is 10.1. The Bertz CT molecular complexity index is 878. The molecule has 1 heterocycles. The summed E-state index contributed by atoms with van der Waals surface area (Å²) in [4.78, 5) is 11.2. The summed E-state index contributed by atoms with van der Waals surface area (Å²) >= 11 is 0. The van der Waals surface area contributed by atoms with Crippen molar-refractivity contribution in [1.29, 1.82) is 0 Å². The van der Waals surface area contributed by atoms with Crippen molar-refractivity contribution in [1.82, 2.24) is 4.57 Å². The molecule has 0 radical (unpaired) electrons. The van der Waals surface area contributed by atoms with Gasteiger partial charge in [-0.05, 0) is 36.2 Å². The quantitative estimate of drug-likeness (QED) is 0.691. The monoisotopic (exact) mass is 311 g/mol. The number of aliphatic carboxylic acids is 1. The van der Waals surface area contributed by atoms with Crippen LogP contribution in [0.15, 0.2) is 42.5 Å². The number of aromatic hydroxyl groups is 2. The minimum absolute atomic E-state index is 0.0889. The van der Waals surface area contributed by atoms with Crippen molar-refractivity contribution < 1.29 is 20.1 Å². The summed E-state index contributed by atoms with van der Waals surface area (Å²) in [5, 5.41) is 29.5. The van der Waals surface area contributed by atoms with Crippen LogP contribution >= 0.6 is 0 Å². The molecule has 0 saturated carbocycles. The fraction of sp³-hybridized carbons (Fsp3) is 0.167. The average Bonchev–Trinajstić information content (AvgIpc) is 2.76. The van der Waals surface area contributed by atoms with Crippen LogP contribution < -0.4 is 0 Å². The maximum absolute atomic E-state index is 11.2. The molecule has 0 aliphatic carbocycles. The van der Waals surface area contributed by atoms with Crippen molar-refractivity contribution >= 4 is 16.9 Å². The maximum Gasteiger partial charge on any atom is 0.307 e. The van der Waals surface area contributed by atoms with E-state index in [0.717, 1.165) is 16.6 Å². The van der Waals surface area contributed by atoms with Gasteiger partial charge in [-0.15, -0.1) is 0 Å². The molecule has 0 aliphatic heterocycles. The first-order valence-corrected chi connectivity index (χ1v) is 7.26. The zero-order valence-corrected chi connectivity index (χ0v) is 12.7. The van der Waals surface area contributed by atoms with Gasteiger partial charge in [0.1, 0.15) is 11.5 Å². The summed E-state index contributed by atoms with van der Waals surface area (Å²) in [6.07, 6.45) is -0.0889. The number of aromatic nitrogens is 1. The van der Waals surface area contributed by atoms with Gasteiger partial charge in [-0.25, -0.2) is 0 Å². The molecule has 1 aromatic heterocycles. The molecule has 5 heteroatoms. The second kappa shape index (κ2) is 5.68. The first-order valence-electron chi connectivity index (χ1n) is 7.26. The number of nitrogens with zero attached hydrogens (tertiary/aromatic N) is 1. The van der Waals surface area contributed by atoms with Crippen LogP contribution in [0.25, 0.3) is 10.9 Å². The van der Waals surface area contributed by atoms with E-state index in [1.807, 2.05) is 17.6 Å². The predicted octanol–water partition coefficient (Wildman–Crippen LogP) is 3.04. The highest BCUT2D eigenvalue weighted by molar-refractivity contribution is 5.92. The second-order valence-corrected chi connectivity index (χ2v) is 5.56. The van der Waals surface area contributed by atoms with Crippen LogP contribution in [0.3, 0.4) is 0 Å². The normalized spacial score (nSPS) is 11.0. The van der Waals surface area contributed by atoms with E-state index in [0.29, 0.717) is 17.6 Å². The lowest BCUT2D eigenvalue weighted by molar-refractivity contribution is -0.136. The van der Waals surface area contributed by atoms with E-state index < -0.39 is 5.97 Å². The molecule has 23 heavy (non-hydrogen) atoms. The van der Waals surface area contributed by atoms with Gasteiger partial charge < -0.3 is 19.9 Å². The fourth-order valence-electron chi connectivity index (χ4n) is 2.94. The number of carbonyl (C=O) groups is 1. The van der Waals surface area contributed by atoms with Crippen LogP contribution in [0.4, 0.5) is 0 Å². The number of hydrogen-bond donors (Lipinski definition) is 3. The van der Waals surface area contributed by atoms with E-state index in [-0.39, 0.29) is 17.9 Å². The number of para-hydroxylation sites is 1. The lowest BCUT2D eigenvalue weighted by Gasteiger charge is -2.10. The number of rotatable bonds is 4. The van der Waals surface area contributed by atoms with E-state index in [1.54, 1.807) is 36.4 Å². The third-order valence-electron chi connectivity index (χ3n) is 4.06. The molecule has 0 amide bonds. The van der Waals surface area contributed by atoms with E-state index in [9.17, 15) is 15.0 Å². The number of hydrogen-bond acceptors (Lipinski definition) is 3. The molecule has 0 fully saturated rings. The Morgan fingerprint density at radius 3 is 2.43 bits per heavy atom. The average molecular weight is 311 g/mol. The van der Waals surface area contributed by atoms with Crippen LogP contribution in [0.5, 0.6) is 11.5 Å². The standard InChI is InChI=1S/C18H17NO4/c1-11-15(9-17(22)23)14-3-2-4-16(21)18(14)19(11)10-12-5-7-13(20)8-6-12/h2-8,20-21H,9-10H2,1H3,(H,22,23). The van der Waals surface area contributed by atoms with Gasteiger partial charge in [0.2, 0.25) is 0 Å². The molecule has 5 nitrogen and oxygen atoms in total. The number of fused-ring (bicyclic) bond motifs is 1. The van der Waals surface area contributed by atoms with Gasteiger partial charge in [-0.1, -0.05) is 24.3 Å². The Morgan fingerprint density at radius 2 is 1.78 bits per heavy atom. The SMILES string of the molecule is Cc1c(CC(=O)O)c2cccc(O)c2n1Cc1ccc(O)cc1. The van der Waals surface area contributed by atoms with Gasteiger partial charge in [0.15, 0.2) is 0 Å². The van der Waals surface area contributed by atoms with E-state index in [1.165, 1.54) is 0 Å². The molecule has 0 spiro atoms. The zero-order chi connectivity index (χ0) is 16.6. The molecular formula is C18H17NO4. The van der Waals surface area contributed by atoms with Gasteiger partial charge in [0.25, 0.3) is 0 Å². The smallest absolute Gasteiger partial charge is 0.307 e. The maximum atomic E-state index is 11.2. The second-order valence-electron chi connectivity index (χ2n) is 5.56. The summed E-state index contributed by atoms with van der Waals surface area (Å²) in [6, 6.07) is 12.0. The summed E-state index contributed by atoms with van der Waals surface area (Å²) < 4.78 is 1.91. The largest absolute Gasteiger partial charge is 0.508 e. The van der Waals surface area contributed by atoms with Crippen molar-refractivity contribution in [3.63, 3.8) is 0 Å². The third kappa shape index (κ3) is 2.73. The van der Waals surface area contributed by atoms with Gasteiger partial charge in [-0.3, -0.25) is 4.79 Å². The Labute approximate surface area is 133 Å². The number of carboxylic acids is 1. The minimum Gasteiger partial charge on any atom is -0.508 e. The van der Waals surface area contributed by atoms with Crippen LogP contribution in [0.1, 0.15) is 16.8 Å². The first kappa shape index (κ1) is 15.0. The van der Waals surface area contributed by atoms with E-state index >= 15 is 0 Å². The van der Waals surface area contributed by atoms with Crippen LogP contribution in [-0.2, 0) is 17.8 Å². The van der Waals surface area contributed by atoms with Crippen molar-refractivity contribution in [2.45, 2.75) is 19.9 Å². The Hall–Kier alpha value is -2.95. The molecule has 3 N–H and O–H groups in total. The number of phenols is 2. The zero-order valence-electron chi connectivity index (χ0n) is 12.7. The van der Waals surface area contributed by atoms with Crippen LogP contribution in [0, 0.1) is 6.92 Å². The van der Waals surface area contributed by atoms with Gasteiger partial charge in [0, 0.05) is 17.6 Å². The summed E-state index contributed by atoms with van der Waals surface area (Å²) in [5.74, 6) is -0.585. The number of phenolic OH excluding ortho intramolecular Hbond substituents is 2. The Balaban J connectivity index is 2.17. The van der Waals surface area contributed by atoms with Crippen molar-refractivity contribution in [3.8, 4) is 11.5 Å². The molecule has 3 rings (SSSR count). The summed E-state index contributed by atoms with van der Waals surface area (Å²) in [7, 11) is 0. The molecule has 118 valence electrons. The van der Waals surface area contributed by atoms with Gasteiger partial charge in [-0.2, -0.15) is 0 Å². The fourth-order valence-corrected chi connectivity index (χ4v) is 2.94. The van der Waals surface area contributed by atoms with Crippen LogP contribution in [-0.4, -0.2) is 25.9 Å². The van der Waals surface area contributed by atoms with Crippen molar-refractivity contribution in [3.05, 3.63) is 59.3 Å². The highest BCUT2D eigenvalue weighted by Gasteiger charge is 2.18. The molecule has 0 saturated heterocycles. The van der Waals surface area contributed by atoms with Crippen LogP contribution in [0.2, 0.25) is 0 Å². The highest BCUT2D eigenvalue weighted by atomic mass is 16.4. The third-order valence-corrected chi connectivity index (χ3v) is 4.06. The Kier molecular flexibility index (Phi) is 3.70. The molecule has 0 unspecified atom stereocenters. The highest BCUT2D eigenvalue weighted by Crippen LogP contribution is 2.33. The molecule has 3 aromatic rings. The van der Waals surface area contributed by atoms with Gasteiger partial charge in [0.05, 0.1) is 11.9 Å². The van der Waals surface area contributed by atoms with Crippen molar-refractivity contribution in [2.75, 3.05) is 0 Å². The Morgan fingerprint density at radius 1 is 1.09 bits per heavy atom. The minimum atomic E-state index is -0.903.